The lowest BCUT2D eigenvalue weighted by molar-refractivity contribution is -0.136. The van der Waals surface area contributed by atoms with Crippen molar-refractivity contribution in [2.45, 2.75) is 19.3 Å². The second-order valence-corrected chi connectivity index (χ2v) is 4.55. The third-order valence-corrected chi connectivity index (χ3v) is 2.83. The minimum atomic E-state index is -0.199. The van der Waals surface area contributed by atoms with Crippen molar-refractivity contribution >= 4 is 11.8 Å². The fraction of sp³-hybridized carbons (Fsp3) is 0.818. The molecule has 0 atom stereocenters. The van der Waals surface area contributed by atoms with Gasteiger partial charge in [0, 0.05) is 19.8 Å². The molecule has 2 rings (SSSR count). The number of ether oxygens (including phenoxy) is 1. The highest BCUT2D eigenvalue weighted by Crippen LogP contribution is 2.28. The van der Waals surface area contributed by atoms with Gasteiger partial charge in [-0.25, -0.2) is 0 Å². The highest BCUT2D eigenvalue weighted by molar-refractivity contribution is 5.99. The predicted molar refractivity (Wildman–Crippen MR) is 57.7 cm³/mol. The number of carbonyl (C=O) groups is 2. The molecule has 0 bridgehead atoms. The van der Waals surface area contributed by atoms with E-state index in [4.69, 9.17) is 4.74 Å². The number of rotatable bonds is 6. The number of piperazine rings is 1. The van der Waals surface area contributed by atoms with E-state index in [0.717, 1.165) is 32.1 Å². The fourth-order valence-electron chi connectivity index (χ4n) is 1.78. The van der Waals surface area contributed by atoms with Crippen molar-refractivity contribution in [3.8, 4) is 0 Å². The van der Waals surface area contributed by atoms with Crippen molar-refractivity contribution in [2.75, 3.05) is 32.8 Å². The molecule has 0 aromatic rings. The molecule has 0 aromatic carbocycles. The Morgan fingerprint density at radius 1 is 1.25 bits per heavy atom. The molecule has 1 saturated carbocycles. The largest absolute Gasteiger partial charge is 0.381 e. The number of imide groups is 1. The van der Waals surface area contributed by atoms with Crippen LogP contribution in [0.15, 0.2) is 0 Å². The summed E-state index contributed by atoms with van der Waals surface area (Å²) in [5.41, 5.74) is 0. The third-order valence-electron chi connectivity index (χ3n) is 2.83. The van der Waals surface area contributed by atoms with Gasteiger partial charge in [-0.2, -0.15) is 0 Å². The van der Waals surface area contributed by atoms with Crippen molar-refractivity contribution in [3.05, 3.63) is 0 Å². The van der Waals surface area contributed by atoms with Crippen LogP contribution in [0.2, 0.25) is 0 Å². The Hall–Kier alpha value is -0.940. The zero-order valence-corrected chi connectivity index (χ0v) is 9.41. The first-order chi connectivity index (χ1) is 7.74. The van der Waals surface area contributed by atoms with E-state index in [1.54, 1.807) is 0 Å². The molecule has 1 saturated heterocycles. The molecule has 0 spiro atoms. The standard InChI is InChI=1S/C11H18N2O3/c14-10-6-13(7-11(15)12-10)4-1-5-16-8-9-2-3-9/h9H,1-8H2,(H,12,14,15). The summed E-state index contributed by atoms with van der Waals surface area (Å²) in [6, 6.07) is 0. The maximum absolute atomic E-state index is 11.1. The van der Waals surface area contributed by atoms with Gasteiger partial charge in [0.1, 0.15) is 0 Å². The summed E-state index contributed by atoms with van der Waals surface area (Å²) < 4.78 is 5.49. The van der Waals surface area contributed by atoms with Gasteiger partial charge in [0.25, 0.3) is 0 Å². The Labute approximate surface area is 95.1 Å². The van der Waals surface area contributed by atoms with Gasteiger partial charge in [0.15, 0.2) is 0 Å². The van der Waals surface area contributed by atoms with E-state index in [1.165, 1.54) is 12.8 Å². The molecule has 16 heavy (non-hydrogen) atoms. The molecule has 1 aliphatic heterocycles. The van der Waals surface area contributed by atoms with Gasteiger partial charge >= 0.3 is 0 Å². The lowest BCUT2D eigenvalue weighted by Crippen LogP contribution is -2.51. The van der Waals surface area contributed by atoms with Crippen molar-refractivity contribution in [1.29, 1.82) is 0 Å². The average molecular weight is 226 g/mol. The summed E-state index contributed by atoms with van der Waals surface area (Å²) in [4.78, 5) is 24.0. The summed E-state index contributed by atoms with van der Waals surface area (Å²) in [5.74, 6) is 0.396. The molecule has 1 N–H and O–H groups in total. The summed E-state index contributed by atoms with van der Waals surface area (Å²) >= 11 is 0. The van der Waals surface area contributed by atoms with Crippen LogP contribution in [-0.4, -0.2) is 49.6 Å². The molecule has 2 fully saturated rings. The first kappa shape index (κ1) is 11.5. The van der Waals surface area contributed by atoms with Crippen LogP contribution in [0.1, 0.15) is 19.3 Å². The van der Waals surface area contributed by atoms with Gasteiger partial charge < -0.3 is 4.74 Å². The zero-order valence-electron chi connectivity index (χ0n) is 9.41. The molecule has 5 nitrogen and oxygen atoms in total. The van der Waals surface area contributed by atoms with Gasteiger partial charge in [0.05, 0.1) is 13.1 Å². The fourth-order valence-corrected chi connectivity index (χ4v) is 1.78. The van der Waals surface area contributed by atoms with Crippen LogP contribution in [0.5, 0.6) is 0 Å². The number of nitrogens with one attached hydrogen (secondary N) is 1. The van der Waals surface area contributed by atoms with Crippen LogP contribution in [0, 0.1) is 5.92 Å². The monoisotopic (exact) mass is 226 g/mol. The Bertz CT molecular complexity index is 260. The van der Waals surface area contributed by atoms with Gasteiger partial charge in [-0.05, 0) is 25.2 Å². The first-order valence-corrected chi connectivity index (χ1v) is 5.87. The van der Waals surface area contributed by atoms with Crippen LogP contribution >= 0.6 is 0 Å². The van der Waals surface area contributed by atoms with E-state index in [1.807, 2.05) is 4.90 Å². The van der Waals surface area contributed by atoms with Crippen LogP contribution in [0.3, 0.4) is 0 Å². The lowest BCUT2D eigenvalue weighted by atomic mass is 10.3. The van der Waals surface area contributed by atoms with Crippen molar-refractivity contribution in [3.63, 3.8) is 0 Å². The molecule has 0 unspecified atom stereocenters. The molecule has 0 radical (unpaired) electrons. The first-order valence-electron chi connectivity index (χ1n) is 5.87. The molecular formula is C11H18N2O3. The number of amides is 2. The predicted octanol–water partition coefficient (Wildman–Crippen LogP) is -0.238. The Morgan fingerprint density at radius 3 is 2.56 bits per heavy atom. The van der Waals surface area contributed by atoms with Gasteiger partial charge in [0.2, 0.25) is 11.8 Å². The Balaban J connectivity index is 1.54. The Kier molecular flexibility index (Phi) is 3.90. The van der Waals surface area contributed by atoms with E-state index in [9.17, 15) is 9.59 Å². The maximum Gasteiger partial charge on any atom is 0.240 e. The van der Waals surface area contributed by atoms with Gasteiger partial charge in [-0.1, -0.05) is 0 Å². The van der Waals surface area contributed by atoms with Gasteiger partial charge in [-0.15, -0.1) is 0 Å². The minimum absolute atomic E-state index is 0.199. The van der Waals surface area contributed by atoms with E-state index < -0.39 is 0 Å². The third kappa shape index (κ3) is 3.90. The second-order valence-electron chi connectivity index (χ2n) is 4.55. The lowest BCUT2D eigenvalue weighted by Gasteiger charge is -2.24. The summed E-state index contributed by atoms with van der Waals surface area (Å²) in [5, 5.41) is 2.28. The molecule has 90 valence electrons. The molecule has 0 aromatic heterocycles. The van der Waals surface area contributed by atoms with Crippen LogP contribution < -0.4 is 5.32 Å². The summed E-state index contributed by atoms with van der Waals surface area (Å²) in [6.45, 7) is 3.01. The molecule has 2 amide bonds. The SMILES string of the molecule is O=C1CN(CCCOCC2CC2)CC(=O)N1. The topological polar surface area (TPSA) is 58.6 Å². The molecule has 5 heteroatoms. The molecule has 2 aliphatic rings. The number of nitrogens with zero attached hydrogens (tertiary/aromatic N) is 1. The summed E-state index contributed by atoms with van der Waals surface area (Å²) in [6.07, 6.45) is 3.49. The van der Waals surface area contributed by atoms with Crippen molar-refractivity contribution in [2.24, 2.45) is 5.92 Å². The van der Waals surface area contributed by atoms with Gasteiger partial charge in [-0.3, -0.25) is 19.8 Å². The smallest absolute Gasteiger partial charge is 0.240 e. The van der Waals surface area contributed by atoms with E-state index in [2.05, 4.69) is 5.32 Å². The normalized spacial score (nSPS) is 22.2. The highest BCUT2D eigenvalue weighted by atomic mass is 16.5. The number of hydrogen-bond donors (Lipinski definition) is 1. The number of carbonyl (C=O) groups excluding carboxylic acids is 2. The number of hydrogen-bond acceptors (Lipinski definition) is 4. The molecular weight excluding hydrogens is 208 g/mol. The highest BCUT2D eigenvalue weighted by Gasteiger charge is 2.22. The van der Waals surface area contributed by atoms with Crippen molar-refractivity contribution < 1.29 is 14.3 Å². The summed E-state index contributed by atoms with van der Waals surface area (Å²) in [7, 11) is 0. The second kappa shape index (κ2) is 5.41. The van der Waals surface area contributed by atoms with Crippen LogP contribution in [0.4, 0.5) is 0 Å². The van der Waals surface area contributed by atoms with Crippen molar-refractivity contribution in [1.82, 2.24) is 10.2 Å². The quantitative estimate of drug-likeness (QED) is 0.502. The van der Waals surface area contributed by atoms with E-state index >= 15 is 0 Å². The zero-order chi connectivity index (χ0) is 11.4. The van der Waals surface area contributed by atoms with Crippen LogP contribution in [-0.2, 0) is 14.3 Å². The molecule has 1 heterocycles. The van der Waals surface area contributed by atoms with Crippen LogP contribution in [0.25, 0.3) is 0 Å². The van der Waals surface area contributed by atoms with E-state index in [0.29, 0.717) is 13.1 Å². The minimum Gasteiger partial charge on any atom is -0.381 e. The maximum atomic E-state index is 11.1. The average Bonchev–Trinajstić information content (AvgIpc) is 2.99. The van der Waals surface area contributed by atoms with E-state index in [-0.39, 0.29) is 11.8 Å². The molecule has 1 aliphatic carbocycles. The Morgan fingerprint density at radius 2 is 1.94 bits per heavy atom.